The fraction of sp³-hybridized carbons (Fsp3) is 0.0769. The third-order valence-corrected chi connectivity index (χ3v) is 2.65. The highest BCUT2D eigenvalue weighted by atomic mass is 16.5. The van der Waals surface area contributed by atoms with Crippen molar-refractivity contribution in [3.05, 3.63) is 48.3 Å². The molecular formula is C13H10N4O2. The summed E-state index contributed by atoms with van der Waals surface area (Å²) in [5.41, 5.74) is 1.70. The van der Waals surface area contributed by atoms with Gasteiger partial charge in [-0.2, -0.15) is 0 Å². The minimum atomic E-state index is -0.398. The normalized spacial score (nSPS) is 10.6. The summed E-state index contributed by atoms with van der Waals surface area (Å²) in [6.07, 6.45) is 3.35. The molecule has 0 N–H and O–H groups in total. The molecule has 3 heterocycles. The Balaban J connectivity index is 2.09. The Morgan fingerprint density at radius 1 is 1.32 bits per heavy atom. The number of methoxy groups -OCH3 is 1. The van der Waals surface area contributed by atoms with Crippen molar-refractivity contribution in [2.24, 2.45) is 0 Å². The van der Waals surface area contributed by atoms with E-state index in [1.165, 1.54) is 7.11 Å². The number of carbonyl (C=O) groups excluding carboxylic acids is 1. The molecule has 0 fully saturated rings. The van der Waals surface area contributed by atoms with E-state index in [-0.39, 0.29) is 0 Å². The molecule has 0 aliphatic rings. The number of ether oxygens (including phenoxy) is 1. The third kappa shape index (κ3) is 2.03. The number of carbonyl (C=O) groups is 1. The molecule has 0 aliphatic heterocycles. The zero-order chi connectivity index (χ0) is 13.2. The van der Waals surface area contributed by atoms with Crippen LogP contribution in [0.2, 0.25) is 0 Å². The monoisotopic (exact) mass is 254 g/mol. The molecule has 0 aromatic carbocycles. The molecule has 0 amide bonds. The van der Waals surface area contributed by atoms with Crippen LogP contribution in [0, 0.1) is 0 Å². The Kier molecular flexibility index (Phi) is 2.68. The van der Waals surface area contributed by atoms with Crippen molar-refractivity contribution in [3.8, 4) is 11.5 Å². The van der Waals surface area contributed by atoms with Crippen LogP contribution in [0.3, 0.4) is 0 Å². The second-order valence-corrected chi connectivity index (χ2v) is 3.86. The molecule has 6 nitrogen and oxygen atoms in total. The highest BCUT2D eigenvalue weighted by molar-refractivity contribution is 5.90. The van der Waals surface area contributed by atoms with Gasteiger partial charge in [-0.15, -0.1) is 5.10 Å². The van der Waals surface area contributed by atoms with E-state index in [0.29, 0.717) is 22.7 Å². The average molecular weight is 254 g/mol. The Hall–Kier alpha value is -2.76. The Labute approximate surface area is 108 Å². The minimum Gasteiger partial charge on any atom is -0.465 e. The maximum absolute atomic E-state index is 11.4. The zero-order valence-electron chi connectivity index (χ0n) is 10.1. The van der Waals surface area contributed by atoms with Gasteiger partial charge in [-0.3, -0.25) is 4.98 Å². The smallest absolute Gasteiger partial charge is 0.338 e. The second-order valence-electron chi connectivity index (χ2n) is 3.86. The summed E-state index contributed by atoms with van der Waals surface area (Å²) in [6, 6.07) is 8.79. The standard InChI is InChI=1S/C13H10N4O2/c1-19-13(18)9-5-7-17-11(8-9)15-12(16-17)10-4-2-3-6-14-10/h2-8H,1H3. The lowest BCUT2D eigenvalue weighted by atomic mass is 10.3. The summed E-state index contributed by atoms with van der Waals surface area (Å²) >= 11 is 0. The molecule has 0 radical (unpaired) electrons. The molecule has 3 aromatic heterocycles. The van der Waals surface area contributed by atoms with E-state index in [1.807, 2.05) is 18.2 Å². The quantitative estimate of drug-likeness (QED) is 0.649. The van der Waals surface area contributed by atoms with Crippen LogP contribution in [0.15, 0.2) is 42.7 Å². The summed E-state index contributed by atoms with van der Waals surface area (Å²) in [5.74, 6) is 0.118. The highest BCUT2D eigenvalue weighted by Gasteiger charge is 2.10. The minimum absolute atomic E-state index is 0.398. The summed E-state index contributed by atoms with van der Waals surface area (Å²) in [6.45, 7) is 0. The van der Waals surface area contributed by atoms with Gasteiger partial charge in [0.1, 0.15) is 5.69 Å². The number of nitrogens with zero attached hydrogens (tertiary/aromatic N) is 4. The molecule has 6 heteroatoms. The largest absolute Gasteiger partial charge is 0.465 e. The number of rotatable bonds is 2. The van der Waals surface area contributed by atoms with Crippen molar-refractivity contribution < 1.29 is 9.53 Å². The molecule has 0 saturated heterocycles. The predicted octanol–water partition coefficient (Wildman–Crippen LogP) is 1.58. The van der Waals surface area contributed by atoms with E-state index >= 15 is 0 Å². The van der Waals surface area contributed by atoms with Gasteiger partial charge in [-0.05, 0) is 24.3 Å². The number of pyridine rings is 2. The van der Waals surface area contributed by atoms with Crippen LogP contribution in [-0.2, 0) is 4.74 Å². The molecule has 3 rings (SSSR count). The summed E-state index contributed by atoms with van der Waals surface area (Å²) in [4.78, 5) is 20.0. The maximum Gasteiger partial charge on any atom is 0.338 e. The number of esters is 1. The Morgan fingerprint density at radius 3 is 2.95 bits per heavy atom. The fourth-order valence-corrected chi connectivity index (χ4v) is 1.73. The van der Waals surface area contributed by atoms with Gasteiger partial charge in [-0.25, -0.2) is 14.3 Å². The predicted molar refractivity (Wildman–Crippen MR) is 67.6 cm³/mol. The van der Waals surface area contributed by atoms with E-state index in [0.717, 1.165) is 0 Å². The number of hydrogen-bond acceptors (Lipinski definition) is 5. The van der Waals surface area contributed by atoms with Gasteiger partial charge < -0.3 is 4.74 Å². The summed E-state index contributed by atoms with van der Waals surface area (Å²) in [7, 11) is 1.34. The van der Waals surface area contributed by atoms with Gasteiger partial charge in [0.05, 0.1) is 12.7 Å². The van der Waals surface area contributed by atoms with E-state index in [1.54, 1.807) is 29.0 Å². The fourth-order valence-electron chi connectivity index (χ4n) is 1.73. The lowest BCUT2D eigenvalue weighted by Gasteiger charge is -1.97. The average Bonchev–Trinajstić information content (AvgIpc) is 2.90. The van der Waals surface area contributed by atoms with Crippen LogP contribution in [0.4, 0.5) is 0 Å². The van der Waals surface area contributed by atoms with Crippen molar-refractivity contribution in [2.75, 3.05) is 7.11 Å². The number of aromatic nitrogens is 4. The first-order valence-electron chi connectivity index (χ1n) is 5.64. The summed E-state index contributed by atoms with van der Waals surface area (Å²) < 4.78 is 6.26. The van der Waals surface area contributed by atoms with Gasteiger partial charge in [0, 0.05) is 12.4 Å². The van der Waals surface area contributed by atoms with Gasteiger partial charge in [-0.1, -0.05) is 6.07 Å². The van der Waals surface area contributed by atoms with Crippen LogP contribution in [0.1, 0.15) is 10.4 Å². The first-order chi connectivity index (χ1) is 9.28. The molecule has 3 aromatic rings. The molecule has 94 valence electrons. The van der Waals surface area contributed by atoms with Gasteiger partial charge in [0.15, 0.2) is 5.65 Å². The molecule has 0 bridgehead atoms. The molecule has 0 spiro atoms. The molecule has 0 aliphatic carbocycles. The van der Waals surface area contributed by atoms with E-state index < -0.39 is 5.97 Å². The van der Waals surface area contributed by atoms with Gasteiger partial charge in [0.2, 0.25) is 5.82 Å². The topological polar surface area (TPSA) is 69.4 Å². The van der Waals surface area contributed by atoms with E-state index in [4.69, 9.17) is 0 Å². The highest BCUT2D eigenvalue weighted by Crippen LogP contribution is 2.14. The van der Waals surface area contributed by atoms with Crippen molar-refractivity contribution in [2.45, 2.75) is 0 Å². The Bertz CT molecular complexity index is 737. The van der Waals surface area contributed by atoms with E-state index in [2.05, 4.69) is 19.8 Å². The third-order valence-electron chi connectivity index (χ3n) is 2.65. The van der Waals surface area contributed by atoms with Crippen LogP contribution in [-0.4, -0.2) is 32.7 Å². The van der Waals surface area contributed by atoms with Crippen molar-refractivity contribution in [1.29, 1.82) is 0 Å². The lowest BCUT2D eigenvalue weighted by Crippen LogP contribution is -2.02. The lowest BCUT2D eigenvalue weighted by molar-refractivity contribution is 0.0600. The van der Waals surface area contributed by atoms with Crippen molar-refractivity contribution in [1.82, 2.24) is 19.6 Å². The van der Waals surface area contributed by atoms with E-state index in [9.17, 15) is 4.79 Å². The first kappa shape index (κ1) is 11.3. The number of fused-ring (bicyclic) bond motifs is 1. The van der Waals surface area contributed by atoms with Crippen LogP contribution in [0.5, 0.6) is 0 Å². The molecular weight excluding hydrogens is 244 g/mol. The van der Waals surface area contributed by atoms with Gasteiger partial charge in [0.25, 0.3) is 0 Å². The van der Waals surface area contributed by atoms with Crippen molar-refractivity contribution in [3.63, 3.8) is 0 Å². The molecule has 0 atom stereocenters. The SMILES string of the molecule is COC(=O)c1ccn2nc(-c3ccccn3)nc2c1. The zero-order valence-corrected chi connectivity index (χ0v) is 10.1. The number of hydrogen-bond donors (Lipinski definition) is 0. The van der Waals surface area contributed by atoms with Gasteiger partial charge >= 0.3 is 5.97 Å². The van der Waals surface area contributed by atoms with Crippen LogP contribution < -0.4 is 0 Å². The Morgan fingerprint density at radius 2 is 2.21 bits per heavy atom. The van der Waals surface area contributed by atoms with Crippen LogP contribution in [0.25, 0.3) is 17.2 Å². The first-order valence-corrected chi connectivity index (χ1v) is 5.64. The summed E-state index contributed by atoms with van der Waals surface area (Å²) in [5, 5.41) is 4.30. The molecule has 19 heavy (non-hydrogen) atoms. The molecule has 0 unspecified atom stereocenters. The second kappa shape index (κ2) is 4.49. The maximum atomic E-state index is 11.4. The molecule has 0 saturated carbocycles. The van der Waals surface area contributed by atoms with Crippen molar-refractivity contribution >= 4 is 11.6 Å². The van der Waals surface area contributed by atoms with Crippen LogP contribution >= 0.6 is 0 Å².